The average molecular weight is 299 g/mol. The summed E-state index contributed by atoms with van der Waals surface area (Å²) < 4.78 is 5.79. The van der Waals surface area contributed by atoms with E-state index >= 15 is 0 Å². The summed E-state index contributed by atoms with van der Waals surface area (Å²) >= 11 is 0. The van der Waals surface area contributed by atoms with Gasteiger partial charge in [0.1, 0.15) is 0 Å². The highest BCUT2D eigenvalue weighted by molar-refractivity contribution is 6.06. The second kappa shape index (κ2) is 4.92. The van der Waals surface area contributed by atoms with Crippen molar-refractivity contribution < 1.29 is 14.3 Å². The van der Waals surface area contributed by atoms with Gasteiger partial charge in [-0.3, -0.25) is 14.5 Å². The van der Waals surface area contributed by atoms with E-state index in [0.717, 1.165) is 24.8 Å². The molecular formula is C18H21NO3. The van der Waals surface area contributed by atoms with Crippen molar-refractivity contribution in [2.75, 3.05) is 0 Å². The van der Waals surface area contributed by atoms with Crippen LogP contribution in [0.5, 0.6) is 0 Å². The van der Waals surface area contributed by atoms with Crippen LogP contribution in [0.15, 0.2) is 24.3 Å². The molecule has 4 nitrogen and oxygen atoms in total. The standard InChI is InChI=1S/C18H21NO3/c1-3-12(11-6-4-10(2)5-7-11)19-17(20)15-13-8-9-14(22-13)16(15)18(19)21/h4-7,12-16H,3,8-9H2,1-2H3/t12-,13-,14-,15-,16-/m1/s1. The lowest BCUT2D eigenvalue weighted by Crippen LogP contribution is -2.37. The zero-order valence-corrected chi connectivity index (χ0v) is 13.0. The maximum atomic E-state index is 12.9. The van der Waals surface area contributed by atoms with Crippen molar-refractivity contribution >= 4 is 11.8 Å². The number of carbonyl (C=O) groups is 2. The molecule has 2 amide bonds. The van der Waals surface area contributed by atoms with Crippen molar-refractivity contribution in [2.24, 2.45) is 11.8 Å². The van der Waals surface area contributed by atoms with Crippen LogP contribution in [0.25, 0.3) is 0 Å². The third kappa shape index (κ3) is 1.80. The van der Waals surface area contributed by atoms with Crippen LogP contribution in [-0.4, -0.2) is 28.9 Å². The van der Waals surface area contributed by atoms with Gasteiger partial charge in [0.15, 0.2) is 0 Å². The summed E-state index contributed by atoms with van der Waals surface area (Å²) in [5, 5.41) is 0. The van der Waals surface area contributed by atoms with Gasteiger partial charge >= 0.3 is 0 Å². The number of benzene rings is 1. The normalized spacial score (nSPS) is 34.4. The third-order valence-corrected chi connectivity index (χ3v) is 5.48. The van der Waals surface area contributed by atoms with Crippen LogP contribution in [0, 0.1) is 18.8 Å². The molecule has 0 aliphatic carbocycles. The van der Waals surface area contributed by atoms with Crippen molar-refractivity contribution in [2.45, 2.75) is 51.4 Å². The zero-order chi connectivity index (χ0) is 15.4. The Kier molecular flexibility index (Phi) is 3.12. The summed E-state index contributed by atoms with van der Waals surface area (Å²) in [6.07, 6.45) is 2.51. The van der Waals surface area contributed by atoms with Gasteiger partial charge in [0.05, 0.1) is 30.1 Å². The summed E-state index contributed by atoms with van der Waals surface area (Å²) in [5.74, 6) is -0.499. The summed E-state index contributed by atoms with van der Waals surface area (Å²) in [4.78, 5) is 27.2. The number of imide groups is 1. The van der Waals surface area contributed by atoms with Crippen LogP contribution in [0.1, 0.15) is 43.4 Å². The third-order valence-electron chi connectivity index (χ3n) is 5.48. The molecular weight excluding hydrogens is 278 g/mol. The number of aryl methyl sites for hydroxylation is 1. The molecule has 3 saturated heterocycles. The highest BCUT2D eigenvalue weighted by Crippen LogP contribution is 2.50. The second-order valence-corrected chi connectivity index (χ2v) is 6.72. The van der Waals surface area contributed by atoms with E-state index in [1.165, 1.54) is 10.5 Å². The number of carbonyl (C=O) groups excluding carboxylic acids is 2. The molecule has 116 valence electrons. The van der Waals surface area contributed by atoms with Gasteiger partial charge in [-0.25, -0.2) is 0 Å². The molecule has 4 rings (SSSR count). The maximum absolute atomic E-state index is 12.9. The molecule has 0 N–H and O–H groups in total. The lowest BCUT2D eigenvalue weighted by Gasteiger charge is -2.27. The number of amides is 2. The number of hydrogen-bond acceptors (Lipinski definition) is 3. The number of likely N-dealkylation sites (tertiary alicyclic amines) is 1. The van der Waals surface area contributed by atoms with Gasteiger partial charge in [0.2, 0.25) is 11.8 Å². The molecule has 4 heteroatoms. The Labute approximate surface area is 130 Å². The predicted octanol–water partition coefficient (Wildman–Crippen LogP) is 2.61. The molecule has 0 aromatic heterocycles. The molecule has 1 aromatic carbocycles. The number of ether oxygens (including phenoxy) is 1. The van der Waals surface area contributed by atoms with Crippen molar-refractivity contribution in [3.05, 3.63) is 35.4 Å². The van der Waals surface area contributed by atoms with Crippen LogP contribution >= 0.6 is 0 Å². The molecule has 5 atom stereocenters. The first-order chi connectivity index (χ1) is 10.6. The Morgan fingerprint density at radius 3 is 2.14 bits per heavy atom. The fourth-order valence-electron chi connectivity index (χ4n) is 4.40. The highest BCUT2D eigenvalue weighted by Gasteiger charge is 2.63. The summed E-state index contributed by atoms with van der Waals surface area (Å²) in [6.45, 7) is 4.07. The molecule has 3 heterocycles. The predicted molar refractivity (Wildman–Crippen MR) is 80.9 cm³/mol. The highest BCUT2D eigenvalue weighted by atomic mass is 16.5. The lowest BCUT2D eigenvalue weighted by molar-refractivity contribution is -0.145. The molecule has 2 bridgehead atoms. The van der Waals surface area contributed by atoms with E-state index in [0.29, 0.717) is 0 Å². The molecule has 3 fully saturated rings. The van der Waals surface area contributed by atoms with Crippen molar-refractivity contribution in [3.63, 3.8) is 0 Å². The van der Waals surface area contributed by atoms with Gasteiger partial charge in [0, 0.05) is 0 Å². The summed E-state index contributed by atoms with van der Waals surface area (Å²) in [6, 6.07) is 7.99. The van der Waals surface area contributed by atoms with E-state index < -0.39 is 0 Å². The van der Waals surface area contributed by atoms with E-state index in [4.69, 9.17) is 4.74 Å². The summed E-state index contributed by atoms with van der Waals surface area (Å²) in [5.41, 5.74) is 2.23. The average Bonchev–Trinajstić information content (AvgIpc) is 3.18. The Morgan fingerprint density at radius 1 is 1.09 bits per heavy atom. The molecule has 0 spiro atoms. The fourth-order valence-corrected chi connectivity index (χ4v) is 4.40. The Bertz CT molecular complexity index is 596. The van der Waals surface area contributed by atoms with Crippen LogP contribution in [0.4, 0.5) is 0 Å². The van der Waals surface area contributed by atoms with Crippen LogP contribution in [0.2, 0.25) is 0 Å². The molecule has 0 unspecified atom stereocenters. The van der Waals surface area contributed by atoms with E-state index in [1.54, 1.807) is 0 Å². The lowest BCUT2D eigenvalue weighted by atomic mass is 9.81. The molecule has 0 saturated carbocycles. The molecule has 1 aromatic rings. The SMILES string of the molecule is CC[C@H](c1ccc(C)cc1)N1C(=O)[C@H]2[C@H](C1=O)[C@H]1CC[C@H]2O1. The van der Waals surface area contributed by atoms with E-state index in [9.17, 15) is 9.59 Å². The van der Waals surface area contributed by atoms with Crippen molar-refractivity contribution in [1.29, 1.82) is 0 Å². The molecule has 3 aliphatic rings. The fraction of sp³-hybridized carbons (Fsp3) is 0.556. The molecule has 22 heavy (non-hydrogen) atoms. The van der Waals surface area contributed by atoms with E-state index in [-0.39, 0.29) is 41.9 Å². The van der Waals surface area contributed by atoms with Crippen LogP contribution in [0.3, 0.4) is 0 Å². The second-order valence-electron chi connectivity index (χ2n) is 6.72. The van der Waals surface area contributed by atoms with E-state index in [2.05, 4.69) is 0 Å². The van der Waals surface area contributed by atoms with Crippen LogP contribution < -0.4 is 0 Å². The quantitative estimate of drug-likeness (QED) is 0.806. The number of nitrogens with zero attached hydrogens (tertiary/aromatic N) is 1. The van der Waals surface area contributed by atoms with Crippen molar-refractivity contribution in [1.82, 2.24) is 4.90 Å². The molecule has 0 radical (unpaired) electrons. The first kappa shape index (κ1) is 13.9. The topological polar surface area (TPSA) is 46.6 Å². The van der Waals surface area contributed by atoms with Gasteiger partial charge in [0.25, 0.3) is 0 Å². The molecule has 3 aliphatic heterocycles. The zero-order valence-electron chi connectivity index (χ0n) is 13.0. The largest absolute Gasteiger partial charge is 0.373 e. The Balaban J connectivity index is 1.68. The summed E-state index contributed by atoms with van der Waals surface area (Å²) in [7, 11) is 0. The van der Waals surface area contributed by atoms with Gasteiger partial charge < -0.3 is 4.74 Å². The Morgan fingerprint density at radius 2 is 1.64 bits per heavy atom. The van der Waals surface area contributed by atoms with Gasteiger partial charge in [-0.05, 0) is 31.7 Å². The minimum absolute atomic E-state index is 0.0189. The minimum atomic E-state index is -0.231. The Hall–Kier alpha value is -1.68. The number of hydrogen-bond donors (Lipinski definition) is 0. The van der Waals surface area contributed by atoms with Gasteiger partial charge in [-0.2, -0.15) is 0 Å². The number of rotatable bonds is 3. The van der Waals surface area contributed by atoms with E-state index in [1.807, 2.05) is 38.1 Å². The minimum Gasteiger partial charge on any atom is -0.373 e. The van der Waals surface area contributed by atoms with Gasteiger partial charge in [-0.15, -0.1) is 0 Å². The van der Waals surface area contributed by atoms with Gasteiger partial charge in [-0.1, -0.05) is 36.8 Å². The first-order valence-corrected chi connectivity index (χ1v) is 8.20. The smallest absolute Gasteiger partial charge is 0.236 e. The maximum Gasteiger partial charge on any atom is 0.236 e. The number of fused-ring (bicyclic) bond motifs is 5. The van der Waals surface area contributed by atoms with Crippen LogP contribution in [-0.2, 0) is 14.3 Å². The van der Waals surface area contributed by atoms with Crippen molar-refractivity contribution in [3.8, 4) is 0 Å². The first-order valence-electron chi connectivity index (χ1n) is 8.20. The monoisotopic (exact) mass is 299 g/mol.